The Morgan fingerprint density at radius 3 is 2.44 bits per heavy atom. The largest absolute Gasteiger partial charge is 0.497 e. The van der Waals surface area contributed by atoms with Crippen molar-refractivity contribution in [2.45, 2.75) is 25.0 Å². The molecule has 180 valence electrons. The Kier molecular flexibility index (Phi) is 8.82. The van der Waals surface area contributed by atoms with Crippen molar-refractivity contribution in [3.8, 4) is 5.75 Å². The first-order valence-corrected chi connectivity index (χ1v) is 12.2. The lowest BCUT2D eigenvalue weighted by Crippen LogP contribution is -2.33. The van der Waals surface area contributed by atoms with E-state index in [2.05, 4.69) is 20.8 Å². The van der Waals surface area contributed by atoms with Crippen molar-refractivity contribution >= 4 is 52.5 Å². The van der Waals surface area contributed by atoms with E-state index >= 15 is 0 Å². The molecule has 11 heteroatoms. The summed E-state index contributed by atoms with van der Waals surface area (Å²) >= 11 is 13.4. The average Bonchev–Trinajstić information content (AvgIpc) is 3.16. The summed E-state index contributed by atoms with van der Waals surface area (Å²) in [4.78, 5) is 25.2. The number of methoxy groups -OCH3 is 1. The molecule has 0 fully saturated rings. The summed E-state index contributed by atoms with van der Waals surface area (Å²) in [5.74, 6) is 0.948. The van der Waals surface area contributed by atoms with Crippen LogP contribution in [0.2, 0.25) is 10.0 Å². The highest BCUT2D eigenvalue weighted by Gasteiger charge is 2.26. The van der Waals surface area contributed by atoms with Crippen molar-refractivity contribution in [2.75, 3.05) is 18.2 Å². The highest BCUT2D eigenvalue weighted by molar-refractivity contribution is 7.99. The zero-order chi connectivity index (χ0) is 24.8. The molecule has 0 radical (unpaired) electrons. The van der Waals surface area contributed by atoms with Gasteiger partial charge in [-0.25, -0.2) is 0 Å². The molecule has 0 saturated heterocycles. The molecule has 2 N–H and O–H groups in total. The second kappa shape index (κ2) is 11.6. The van der Waals surface area contributed by atoms with Gasteiger partial charge in [0, 0.05) is 17.8 Å². The Morgan fingerprint density at radius 2 is 1.82 bits per heavy atom. The van der Waals surface area contributed by atoms with E-state index in [1.165, 1.54) is 17.8 Å². The van der Waals surface area contributed by atoms with Crippen LogP contribution in [0.25, 0.3) is 0 Å². The molecule has 0 aliphatic heterocycles. The number of hydrogen-bond donors (Lipinski definition) is 2. The maximum absolute atomic E-state index is 12.8. The Bertz CT molecular complexity index is 1170. The SMILES string of the molecule is COc1ccc(NC(=O)CSc2nnc([C@@H](NC(=O)c3ccc(Cl)cc3Cl)C(C)C)n2C)cc1. The first-order valence-electron chi connectivity index (χ1n) is 10.4. The normalized spacial score (nSPS) is 11.9. The van der Waals surface area contributed by atoms with Gasteiger partial charge in [0.25, 0.3) is 5.91 Å². The summed E-state index contributed by atoms with van der Waals surface area (Å²) in [5, 5.41) is 15.6. The molecule has 3 aromatic rings. The van der Waals surface area contributed by atoms with Crippen LogP contribution in [0.15, 0.2) is 47.6 Å². The molecular weight excluding hydrogens is 497 g/mol. The molecule has 3 rings (SSSR count). The zero-order valence-electron chi connectivity index (χ0n) is 19.1. The van der Waals surface area contributed by atoms with Crippen LogP contribution in [0.1, 0.15) is 36.1 Å². The van der Waals surface area contributed by atoms with Gasteiger partial charge in [-0.15, -0.1) is 10.2 Å². The number of amides is 2. The number of anilines is 1. The number of ether oxygens (including phenoxy) is 1. The summed E-state index contributed by atoms with van der Waals surface area (Å²) in [7, 11) is 3.39. The average molecular weight is 522 g/mol. The van der Waals surface area contributed by atoms with E-state index in [0.29, 0.717) is 33.0 Å². The second-order valence-corrected chi connectivity index (χ2v) is 9.57. The van der Waals surface area contributed by atoms with Gasteiger partial charge in [-0.2, -0.15) is 0 Å². The van der Waals surface area contributed by atoms with Gasteiger partial charge in [-0.3, -0.25) is 9.59 Å². The van der Waals surface area contributed by atoms with E-state index in [4.69, 9.17) is 27.9 Å². The molecule has 0 aliphatic carbocycles. The van der Waals surface area contributed by atoms with Gasteiger partial charge in [0.15, 0.2) is 11.0 Å². The highest BCUT2D eigenvalue weighted by Crippen LogP contribution is 2.26. The monoisotopic (exact) mass is 521 g/mol. The second-order valence-electron chi connectivity index (χ2n) is 7.78. The van der Waals surface area contributed by atoms with Gasteiger partial charge in [0.05, 0.1) is 29.5 Å². The van der Waals surface area contributed by atoms with Crippen LogP contribution >= 0.6 is 35.0 Å². The van der Waals surface area contributed by atoms with Crippen molar-refractivity contribution in [1.29, 1.82) is 0 Å². The van der Waals surface area contributed by atoms with Gasteiger partial charge >= 0.3 is 0 Å². The van der Waals surface area contributed by atoms with E-state index in [0.717, 1.165) is 0 Å². The lowest BCUT2D eigenvalue weighted by Gasteiger charge is -2.22. The van der Waals surface area contributed by atoms with Gasteiger partial charge in [0.2, 0.25) is 5.91 Å². The molecule has 0 bridgehead atoms. The lowest BCUT2D eigenvalue weighted by molar-refractivity contribution is -0.113. The van der Waals surface area contributed by atoms with Crippen LogP contribution in [0, 0.1) is 5.92 Å². The van der Waals surface area contributed by atoms with Crippen molar-refractivity contribution in [3.05, 3.63) is 63.9 Å². The number of benzene rings is 2. The fraction of sp³-hybridized carbons (Fsp3) is 0.304. The summed E-state index contributed by atoms with van der Waals surface area (Å²) in [5.41, 5.74) is 0.997. The molecule has 0 aliphatic rings. The maximum Gasteiger partial charge on any atom is 0.253 e. The van der Waals surface area contributed by atoms with Crippen molar-refractivity contribution < 1.29 is 14.3 Å². The number of nitrogens with one attached hydrogen (secondary N) is 2. The molecule has 1 aromatic heterocycles. The molecule has 2 aromatic carbocycles. The Labute approximate surface area is 212 Å². The Balaban J connectivity index is 1.66. The van der Waals surface area contributed by atoms with Crippen LogP contribution in [0.3, 0.4) is 0 Å². The zero-order valence-corrected chi connectivity index (χ0v) is 21.5. The third-order valence-electron chi connectivity index (χ3n) is 4.98. The molecule has 34 heavy (non-hydrogen) atoms. The highest BCUT2D eigenvalue weighted by atomic mass is 35.5. The van der Waals surface area contributed by atoms with Crippen LogP contribution < -0.4 is 15.4 Å². The predicted molar refractivity (Wildman–Crippen MR) is 135 cm³/mol. The van der Waals surface area contributed by atoms with Crippen LogP contribution in [0.4, 0.5) is 5.69 Å². The number of carbonyl (C=O) groups excluding carboxylic acids is 2. The maximum atomic E-state index is 12.8. The van der Waals surface area contributed by atoms with Gasteiger partial charge in [-0.05, 0) is 48.4 Å². The third kappa shape index (κ3) is 6.43. The van der Waals surface area contributed by atoms with Gasteiger partial charge < -0.3 is 19.9 Å². The number of hydrogen-bond acceptors (Lipinski definition) is 6. The number of aromatic nitrogens is 3. The molecule has 8 nitrogen and oxygen atoms in total. The number of carbonyl (C=O) groups is 2. The van der Waals surface area contributed by atoms with E-state index in [-0.39, 0.29) is 28.5 Å². The van der Waals surface area contributed by atoms with Gasteiger partial charge in [-0.1, -0.05) is 48.8 Å². The number of rotatable bonds is 9. The molecule has 1 heterocycles. The number of thioether (sulfide) groups is 1. The van der Waals surface area contributed by atoms with E-state index in [1.807, 2.05) is 13.8 Å². The fourth-order valence-corrected chi connectivity index (χ4v) is 4.36. The van der Waals surface area contributed by atoms with E-state index in [9.17, 15) is 9.59 Å². The first-order chi connectivity index (χ1) is 16.2. The molecular formula is C23H25Cl2N5O3S. The summed E-state index contributed by atoms with van der Waals surface area (Å²) in [6.45, 7) is 3.94. The quantitative estimate of drug-likeness (QED) is 0.385. The van der Waals surface area contributed by atoms with Gasteiger partial charge in [0.1, 0.15) is 5.75 Å². The smallest absolute Gasteiger partial charge is 0.253 e. The minimum absolute atomic E-state index is 0.0224. The molecule has 2 amide bonds. The van der Waals surface area contributed by atoms with Crippen molar-refractivity contribution in [3.63, 3.8) is 0 Å². The van der Waals surface area contributed by atoms with E-state index in [1.54, 1.807) is 55.1 Å². The van der Waals surface area contributed by atoms with Crippen molar-refractivity contribution in [1.82, 2.24) is 20.1 Å². The van der Waals surface area contributed by atoms with Crippen LogP contribution in [0.5, 0.6) is 5.75 Å². The first kappa shape index (κ1) is 25.9. The lowest BCUT2D eigenvalue weighted by atomic mass is 10.0. The molecule has 0 unspecified atom stereocenters. The Hall–Kier alpha value is -2.75. The molecule has 0 saturated carbocycles. The molecule has 0 spiro atoms. The summed E-state index contributed by atoms with van der Waals surface area (Å²) < 4.78 is 6.90. The minimum Gasteiger partial charge on any atom is -0.497 e. The standard InChI is InChI=1S/C23H25Cl2N5O3S/c1-13(2)20(27-22(32)17-10-5-14(24)11-18(17)25)21-28-29-23(30(21)3)34-12-19(31)26-15-6-8-16(33-4)9-7-15/h5-11,13,20H,12H2,1-4H3,(H,26,31)(H,27,32)/t20-/m0/s1. The number of halogens is 2. The van der Waals surface area contributed by atoms with Crippen LogP contribution in [-0.2, 0) is 11.8 Å². The molecule has 1 atom stereocenters. The van der Waals surface area contributed by atoms with E-state index < -0.39 is 6.04 Å². The topological polar surface area (TPSA) is 98.1 Å². The third-order valence-corrected chi connectivity index (χ3v) is 6.55. The predicted octanol–water partition coefficient (Wildman–Crippen LogP) is 4.99. The Morgan fingerprint density at radius 1 is 1.12 bits per heavy atom. The summed E-state index contributed by atoms with van der Waals surface area (Å²) in [6, 6.07) is 11.4. The van der Waals surface area contributed by atoms with Crippen LogP contribution in [-0.4, -0.2) is 39.4 Å². The summed E-state index contributed by atoms with van der Waals surface area (Å²) in [6.07, 6.45) is 0. The minimum atomic E-state index is -0.417. The number of nitrogens with zero attached hydrogens (tertiary/aromatic N) is 3. The fourth-order valence-electron chi connectivity index (χ4n) is 3.15. The van der Waals surface area contributed by atoms with Crippen molar-refractivity contribution in [2.24, 2.45) is 13.0 Å².